The fraction of sp³-hybridized carbons (Fsp3) is 0.154. The van der Waals surface area contributed by atoms with E-state index in [0.717, 1.165) is 10.8 Å². The van der Waals surface area contributed by atoms with E-state index in [9.17, 15) is 15.0 Å². The molecule has 0 saturated carbocycles. The van der Waals surface area contributed by atoms with Crippen LogP contribution in [0.3, 0.4) is 0 Å². The van der Waals surface area contributed by atoms with E-state index in [-0.39, 0.29) is 23.7 Å². The van der Waals surface area contributed by atoms with Gasteiger partial charge in [-0.3, -0.25) is 4.79 Å². The van der Waals surface area contributed by atoms with Crippen LogP contribution in [0.5, 0.6) is 11.5 Å². The molecule has 0 fully saturated rings. The number of phenols is 2. The summed E-state index contributed by atoms with van der Waals surface area (Å²) in [7, 11) is 0. The first-order chi connectivity index (χ1) is 7.58. The van der Waals surface area contributed by atoms with Crippen LogP contribution in [-0.4, -0.2) is 16.0 Å². The number of hydrogen-bond donors (Lipinski definition) is 2. The molecule has 0 saturated heterocycles. The van der Waals surface area contributed by atoms with Crippen LogP contribution in [0.4, 0.5) is 0 Å². The average Bonchev–Trinajstić information content (AvgIpc) is 2.22. The zero-order chi connectivity index (χ0) is 11.7. The molecule has 0 aromatic heterocycles. The monoisotopic (exact) mass is 216 g/mol. The van der Waals surface area contributed by atoms with Crippen molar-refractivity contribution in [3.05, 3.63) is 35.9 Å². The maximum Gasteiger partial charge on any atom is 0.134 e. The minimum Gasteiger partial charge on any atom is -0.508 e. The van der Waals surface area contributed by atoms with E-state index in [1.807, 2.05) is 0 Å². The topological polar surface area (TPSA) is 57.5 Å². The average molecular weight is 216 g/mol. The lowest BCUT2D eigenvalue weighted by Gasteiger charge is -2.07. The third-order valence-corrected chi connectivity index (χ3v) is 2.52. The minimum absolute atomic E-state index is 0.0221. The molecule has 0 aliphatic rings. The van der Waals surface area contributed by atoms with Crippen LogP contribution in [0.25, 0.3) is 10.8 Å². The van der Waals surface area contributed by atoms with E-state index in [1.54, 1.807) is 30.3 Å². The van der Waals surface area contributed by atoms with Gasteiger partial charge in [0.2, 0.25) is 0 Å². The Balaban J connectivity index is 2.72. The van der Waals surface area contributed by atoms with Gasteiger partial charge < -0.3 is 10.2 Å². The first kappa shape index (κ1) is 10.5. The van der Waals surface area contributed by atoms with E-state index in [4.69, 9.17) is 0 Å². The predicted octanol–water partition coefficient (Wildman–Crippen LogP) is 2.38. The van der Waals surface area contributed by atoms with Crippen LogP contribution in [0.15, 0.2) is 30.3 Å². The van der Waals surface area contributed by atoms with Gasteiger partial charge in [-0.05, 0) is 35.9 Å². The summed E-state index contributed by atoms with van der Waals surface area (Å²) in [5.74, 6) is 0.197. The Morgan fingerprint density at radius 1 is 1.19 bits per heavy atom. The minimum atomic E-state index is -0.0221. The molecule has 2 aromatic rings. The van der Waals surface area contributed by atoms with Gasteiger partial charge in [-0.1, -0.05) is 12.1 Å². The summed E-state index contributed by atoms with van der Waals surface area (Å²) in [5, 5.41) is 20.7. The van der Waals surface area contributed by atoms with Crippen LogP contribution in [0, 0.1) is 0 Å². The smallest absolute Gasteiger partial charge is 0.134 e. The summed E-state index contributed by atoms with van der Waals surface area (Å²) < 4.78 is 0. The van der Waals surface area contributed by atoms with Crippen LogP contribution >= 0.6 is 0 Å². The Kier molecular flexibility index (Phi) is 2.52. The second-order valence-electron chi connectivity index (χ2n) is 3.85. The maximum absolute atomic E-state index is 11.1. The van der Waals surface area contributed by atoms with E-state index < -0.39 is 0 Å². The molecule has 0 bridgehead atoms. The van der Waals surface area contributed by atoms with Crippen LogP contribution in [-0.2, 0) is 11.2 Å². The second kappa shape index (κ2) is 3.85. The molecule has 2 N–H and O–H groups in total. The Morgan fingerprint density at radius 3 is 2.56 bits per heavy atom. The van der Waals surface area contributed by atoms with Crippen molar-refractivity contribution in [1.82, 2.24) is 0 Å². The number of benzene rings is 2. The van der Waals surface area contributed by atoms with Gasteiger partial charge in [0.05, 0.1) is 0 Å². The summed E-state index contributed by atoms with van der Waals surface area (Å²) in [5.41, 5.74) is 0.570. The summed E-state index contributed by atoms with van der Waals surface area (Å²) in [4.78, 5) is 11.1. The molecule has 3 heteroatoms. The van der Waals surface area contributed by atoms with E-state index in [2.05, 4.69) is 0 Å². The number of carbonyl (C=O) groups excluding carboxylic acids is 1. The van der Waals surface area contributed by atoms with Gasteiger partial charge in [0.1, 0.15) is 17.3 Å². The Hall–Kier alpha value is -2.03. The Morgan fingerprint density at radius 2 is 1.88 bits per heavy atom. The lowest BCUT2D eigenvalue weighted by Crippen LogP contribution is -1.97. The molecule has 0 radical (unpaired) electrons. The molecule has 0 unspecified atom stereocenters. The number of Topliss-reactive ketones (excluding diaryl/α,β-unsaturated/α-hetero) is 1. The number of phenolic OH excluding ortho intramolecular Hbond substituents is 2. The molecule has 2 rings (SSSR count). The number of aromatic hydroxyl groups is 2. The van der Waals surface area contributed by atoms with Crippen molar-refractivity contribution >= 4 is 16.6 Å². The van der Waals surface area contributed by atoms with E-state index in [0.29, 0.717) is 5.56 Å². The highest BCUT2D eigenvalue weighted by molar-refractivity contribution is 5.92. The molecule has 82 valence electrons. The molecule has 0 heterocycles. The fourth-order valence-corrected chi connectivity index (χ4v) is 1.79. The van der Waals surface area contributed by atoms with Crippen molar-refractivity contribution in [2.75, 3.05) is 0 Å². The van der Waals surface area contributed by atoms with Crippen molar-refractivity contribution in [3.8, 4) is 11.5 Å². The van der Waals surface area contributed by atoms with Crippen LogP contribution in [0.2, 0.25) is 0 Å². The summed E-state index contributed by atoms with van der Waals surface area (Å²) in [6.07, 6.45) is 0.173. The third-order valence-electron chi connectivity index (χ3n) is 2.52. The highest BCUT2D eigenvalue weighted by Gasteiger charge is 2.09. The lowest BCUT2D eigenvalue weighted by atomic mass is 9.99. The van der Waals surface area contributed by atoms with E-state index >= 15 is 0 Å². The number of carbonyl (C=O) groups is 1. The Bertz CT molecular complexity index is 553. The van der Waals surface area contributed by atoms with Crippen molar-refractivity contribution in [1.29, 1.82) is 0 Å². The van der Waals surface area contributed by atoms with Crippen molar-refractivity contribution in [3.63, 3.8) is 0 Å². The number of rotatable bonds is 2. The highest BCUT2D eigenvalue weighted by atomic mass is 16.3. The maximum atomic E-state index is 11.1. The number of ketones is 1. The van der Waals surface area contributed by atoms with Gasteiger partial charge in [0.15, 0.2) is 0 Å². The molecule has 0 aliphatic heterocycles. The molecule has 0 spiro atoms. The number of fused-ring (bicyclic) bond motifs is 1. The lowest BCUT2D eigenvalue weighted by molar-refractivity contribution is -0.116. The fourth-order valence-electron chi connectivity index (χ4n) is 1.79. The SMILES string of the molecule is CC(=O)Cc1c(O)ccc2ccc(O)cc12. The molecule has 2 aromatic carbocycles. The quantitative estimate of drug-likeness (QED) is 0.810. The molecule has 3 nitrogen and oxygen atoms in total. The van der Waals surface area contributed by atoms with Gasteiger partial charge in [-0.2, -0.15) is 0 Å². The highest BCUT2D eigenvalue weighted by Crippen LogP contribution is 2.30. The molecule has 0 aliphatic carbocycles. The van der Waals surface area contributed by atoms with Gasteiger partial charge >= 0.3 is 0 Å². The predicted molar refractivity (Wildman–Crippen MR) is 61.7 cm³/mol. The third kappa shape index (κ3) is 1.84. The van der Waals surface area contributed by atoms with E-state index in [1.165, 1.54) is 6.92 Å². The van der Waals surface area contributed by atoms with Crippen LogP contribution < -0.4 is 0 Å². The largest absolute Gasteiger partial charge is 0.508 e. The summed E-state index contributed by atoms with van der Waals surface area (Å²) in [6, 6.07) is 8.23. The first-order valence-corrected chi connectivity index (χ1v) is 5.01. The van der Waals surface area contributed by atoms with Crippen molar-refractivity contribution < 1.29 is 15.0 Å². The van der Waals surface area contributed by atoms with Gasteiger partial charge in [0, 0.05) is 12.0 Å². The molecule has 16 heavy (non-hydrogen) atoms. The zero-order valence-electron chi connectivity index (χ0n) is 8.90. The molecular formula is C13H12O3. The zero-order valence-corrected chi connectivity index (χ0v) is 8.90. The number of hydrogen-bond acceptors (Lipinski definition) is 3. The molecular weight excluding hydrogens is 204 g/mol. The van der Waals surface area contributed by atoms with Crippen molar-refractivity contribution in [2.45, 2.75) is 13.3 Å². The van der Waals surface area contributed by atoms with Gasteiger partial charge in [-0.15, -0.1) is 0 Å². The van der Waals surface area contributed by atoms with Gasteiger partial charge in [0.25, 0.3) is 0 Å². The second-order valence-corrected chi connectivity index (χ2v) is 3.85. The standard InChI is InChI=1S/C13H12O3/c1-8(14)6-12-11-7-10(15)4-2-9(11)3-5-13(12)16/h2-5,7,15-16H,6H2,1H3. The first-order valence-electron chi connectivity index (χ1n) is 5.01. The normalized spacial score (nSPS) is 10.6. The molecule has 0 amide bonds. The summed E-state index contributed by atoms with van der Waals surface area (Å²) in [6.45, 7) is 1.47. The van der Waals surface area contributed by atoms with Gasteiger partial charge in [-0.25, -0.2) is 0 Å². The summed E-state index contributed by atoms with van der Waals surface area (Å²) >= 11 is 0. The van der Waals surface area contributed by atoms with Crippen molar-refractivity contribution in [2.24, 2.45) is 0 Å². The Labute approximate surface area is 93.0 Å². The van der Waals surface area contributed by atoms with Crippen LogP contribution in [0.1, 0.15) is 12.5 Å². The molecule has 0 atom stereocenters.